The summed E-state index contributed by atoms with van der Waals surface area (Å²) in [5.74, 6) is 0. The maximum Gasteiger partial charge on any atom is 0.243 e. The van der Waals surface area contributed by atoms with Crippen LogP contribution in [0.1, 0.15) is 36.7 Å². The number of benzene rings is 1. The first kappa shape index (κ1) is 27.3. The Hall–Kier alpha value is -2.73. The predicted octanol–water partition coefficient (Wildman–Crippen LogP) is 3.09. The summed E-state index contributed by atoms with van der Waals surface area (Å²) in [6.45, 7) is 13.9. The fraction of sp³-hybridized carbons (Fsp3) is 0.462. The molecule has 0 bridgehead atoms. The van der Waals surface area contributed by atoms with Gasteiger partial charge in [0, 0.05) is 49.7 Å². The normalized spacial score (nSPS) is 16.9. The van der Waals surface area contributed by atoms with Crippen LogP contribution in [0.2, 0.25) is 0 Å². The lowest BCUT2D eigenvalue weighted by Crippen LogP contribution is -2.40. The van der Waals surface area contributed by atoms with E-state index in [1.807, 2.05) is 39.0 Å². The number of rotatable bonds is 8. The molecule has 2 fully saturated rings. The standard InChI is InChI=1S/C26H36N6O3S2/c1-19(2)17-27-26(36)29-28-18-22-15-20(3)32(21(22)4)25-16-23(7-8-24(25)30-9-5-6-10-30)37(33,34)31-11-13-35-14-12-31/h7-8,15-16,18H,1,5-6,9-14,17H2,2-4H3,(H2,27,29,36)/b28-18+. The summed E-state index contributed by atoms with van der Waals surface area (Å²) in [7, 11) is -3.63. The quantitative estimate of drug-likeness (QED) is 0.228. The van der Waals surface area contributed by atoms with Crippen LogP contribution in [0.3, 0.4) is 0 Å². The molecular weight excluding hydrogens is 508 g/mol. The van der Waals surface area contributed by atoms with Crippen molar-refractivity contribution in [2.75, 3.05) is 50.8 Å². The van der Waals surface area contributed by atoms with Crippen LogP contribution in [-0.4, -0.2) is 74.6 Å². The van der Waals surface area contributed by atoms with Gasteiger partial charge in [-0.05, 0) is 70.1 Å². The lowest BCUT2D eigenvalue weighted by atomic mass is 10.2. The summed E-state index contributed by atoms with van der Waals surface area (Å²) < 4.78 is 35.9. The van der Waals surface area contributed by atoms with Gasteiger partial charge in [-0.2, -0.15) is 9.41 Å². The number of sulfonamides is 1. The second-order valence-electron chi connectivity index (χ2n) is 9.53. The van der Waals surface area contributed by atoms with E-state index in [9.17, 15) is 8.42 Å². The van der Waals surface area contributed by atoms with Crippen molar-refractivity contribution in [3.63, 3.8) is 0 Å². The number of thiocarbonyl (C=S) groups is 1. The maximum atomic E-state index is 13.5. The Morgan fingerprint density at radius 2 is 1.84 bits per heavy atom. The van der Waals surface area contributed by atoms with Gasteiger partial charge in [0.25, 0.3) is 0 Å². The van der Waals surface area contributed by atoms with E-state index in [2.05, 4.69) is 31.9 Å². The van der Waals surface area contributed by atoms with Crippen molar-refractivity contribution in [2.24, 2.45) is 5.10 Å². The van der Waals surface area contributed by atoms with Gasteiger partial charge in [0.15, 0.2) is 5.11 Å². The molecule has 0 spiro atoms. The summed E-state index contributed by atoms with van der Waals surface area (Å²) in [4.78, 5) is 2.63. The Labute approximate surface area is 225 Å². The smallest absolute Gasteiger partial charge is 0.243 e. The number of nitrogens with one attached hydrogen (secondary N) is 2. The number of hydrazone groups is 1. The molecule has 9 nitrogen and oxygen atoms in total. The third-order valence-electron chi connectivity index (χ3n) is 6.63. The molecule has 0 radical (unpaired) electrons. The number of hydrogen-bond donors (Lipinski definition) is 2. The molecule has 2 saturated heterocycles. The molecule has 0 atom stereocenters. The van der Waals surface area contributed by atoms with Crippen molar-refractivity contribution in [3.8, 4) is 5.69 Å². The summed E-state index contributed by atoms with van der Waals surface area (Å²) in [5.41, 5.74) is 8.58. The number of hydrogen-bond acceptors (Lipinski definition) is 6. The zero-order valence-electron chi connectivity index (χ0n) is 21.8. The van der Waals surface area contributed by atoms with Crippen LogP contribution in [0.25, 0.3) is 5.69 Å². The fourth-order valence-corrected chi connectivity index (χ4v) is 6.28. The molecule has 2 aliphatic heterocycles. The van der Waals surface area contributed by atoms with E-state index in [4.69, 9.17) is 17.0 Å². The van der Waals surface area contributed by atoms with E-state index >= 15 is 0 Å². The third-order valence-corrected chi connectivity index (χ3v) is 8.76. The summed E-state index contributed by atoms with van der Waals surface area (Å²) >= 11 is 5.25. The molecule has 0 aliphatic carbocycles. The Bertz CT molecular complexity index is 1290. The highest BCUT2D eigenvalue weighted by Gasteiger charge is 2.28. The second kappa shape index (κ2) is 11.8. The van der Waals surface area contributed by atoms with Crippen molar-refractivity contribution < 1.29 is 13.2 Å². The van der Waals surface area contributed by atoms with Gasteiger partial charge >= 0.3 is 0 Å². The van der Waals surface area contributed by atoms with Crippen LogP contribution in [0.15, 0.2) is 46.4 Å². The highest BCUT2D eigenvalue weighted by molar-refractivity contribution is 7.89. The first-order valence-electron chi connectivity index (χ1n) is 12.6. The first-order chi connectivity index (χ1) is 17.7. The molecule has 1 aromatic heterocycles. The number of anilines is 1. The topological polar surface area (TPSA) is 91.2 Å². The van der Waals surface area contributed by atoms with E-state index in [0.29, 0.717) is 42.9 Å². The van der Waals surface area contributed by atoms with Crippen molar-refractivity contribution in [1.29, 1.82) is 0 Å². The largest absolute Gasteiger partial charge is 0.379 e. The van der Waals surface area contributed by atoms with E-state index in [1.54, 1.807) is 12.3 Å². The molecule has 4 rings (SSSR count). The van der Waals surface area contributed by atoms with Crippen LogP contribution in [-0.2, 0) is 14.8 Å². The van der Waals surface area contributed by atoms with Gasteiger partial charge in [0.2, 0.25) is 10.0 Å². The Morgan fingerprint density at radius 3 is 2.51 bits per heavy atom. The molecule has 37 heavy (non-hydrogen) atoms. The molecule has 1 aromatic carbocycles. The minimum Gasteiger partial charge on any atom is -0.379 e. The number of nitrogens with zero attached hydrogens (tertiary/aromatic N) is 4. The minimum absolute atomic E-state index is 0.297. The van der Waals surface area contributed by atoms with Gasteiger partial charge in [-0.25, -0.2) is 8.42 Å². The lowest BCUT2D eigenvalue weighted by molar-refractivity contribution is 0.0730. The Kier molecular flexibility index (Phi) is 8.68. The Balaban J connectivity index is 1.68. The number of aromatic nitrogens is 1. The number of morpholine rings is 1. The zero-order chi connectivity index (χ0) is 26.6. The van der Waals surface area contributed by atoms with Crippen molar-refractivity contribution in [2.45, 2.75) is 38.5 Å². The highest BCUT2D eigenvalue weighted by Crippen LogP contribution is 2.34. The highest BCUT2D eigenvalue weighted by atomic mass is 32.2. The molecule has 2 aromatic rings. The predicted molar refractivity (Wildman–Crippen MR) is 152 cm³/mol. The lowest BCUT2D eigenvalue weighted by Gasteiger charge is -2.28. The average molecular weight is 545 g/mol. The van der Waals surface area contributed by atoms with Crippen molar-refractivity contribution in [1.82, 2.24) is 19.6 Å². The van der Waals surface area contributed by atoms with Gasteiger partial charge in [-0.1, -0.05) is 12.2 Å². The van der Waals surface area contributed by atoms with Crippen LogP contribution >= 0.6 is 12.2 Å². The van der Waals surface area contributed by atoms with E-state index in [0.717, 1.165) is 59.8 Å². The Morgan fingerprint density at radius 1 is 1.14 bits per heavy atom. The molecule has 11 heteroatoms. The van der Waals surface area contributed by atoms with Gasteiger partial charge in [-0.3, -0.25) is 5.43 Å². The SMILES string of the molecule is C=C(C)CNC(=S)N/N=C/c1cc(C)n(-c2cc(S(=O)(=O)N3CCOCC3)ccc2N2CCCC2)c1C. The fourth-order valence-electron chi connectivity index (χ4n) is 4.72. The van der Waals surface area contributed by atoms with Crippen molar-refractivity contribution in [3.05, 3.63) is 53.4 Å². The van der Waals surface area contributed by atoms with Gasteiger partial charge in [0.05, 0.1) is 35.7 Å². The minimum atomic E-state index is -3.63. The van der Waals surface area contributed by atoms with E-state index in [1.165, 1.54) is 4.31 Å². The summed E-state index contributed by atoms with van der Waals surface area (Å²) in [6, 6.07) is 7.55. The molecule has 2 N–H and O–H groups in total. The van der Waals surface area contributed by atoms with Crippen LogP contribution in [0.4, 0.5) is 5.69 Å². The second-order valence-corrected chi connectivity index (χ2v) is 11.9. The zero-order valence-corrected chi connectivity index (χ0v) is 23.4. The van der Waals surface area contributed by atoms with Crippen LogP contribution in [0.5, 0.6) is 0 Å². The van der Waals surface area contributed by atoms with Crippen LogP contribution in [0, 0.1) is 13.8 Å². The average Bonchev–Trinajstić information content (AvgIpc) is 3.51. The summed E-state index contributed by atoms with van der Waals surface area (Å²) in [5, 5.41) is 7.76. The third kappa shape index (κ3) is 6.23. The molecule has 3 heterocycles. The first-order valence-corrected chi connectivity index (χ1v) is 14.4. The van der Waals surface area contributed by atoms with Crippen LogP contribution < -0.4 is 15.6 Å². The van der Waals surface area contributed by atoms with E-state index < -0.39 is 10.0 Å². The number of aryl methyl sites for hydroxylation is 1. The van der Waals surface area contributed by atoms with Gasteiger partial charge < -0.3 is 19.5 Å². The number of ether oxygens (including phenoxy) is 1. The van der Waals surface area contributed by atoms with Gasteiger partial charge in [-0.15, -0.1) is 0 Å². The maximum absolute atomic E-state index is 13.5. The molecular formula is C26H36N6O3S2. The summed E-state index contributed by atoms with van der Waals surface area (Å²) in [6.07, 6.45) is 3.98. The van der Waals surface area contributed by atoms with Crippen molar-refractivity contribution >= 4 is 39.3 Å². The monoisotopic (exact) mass is 544 g/mol. The van der Waals surface area contributed by atoms with E-state index in [-0.39, 0.29) is 0 Å². The molecule has 0 unspecified atom stereocenters. The molecule has 2 aliphatic rings. The molecule has 200 valence electrons. The molecule has 0 saturated carbocycles. The van der Waals surface area contributed by atoms with Gasteiger partial charge in [0.1, 0.15) is 0 Å². The molecule has 0 amide bonds.